The Hall–Kier alpha value is -1.15. The molecule has 0 unspecified atom stereocenters. The van der Waals surface area contributed by atoms with Crippen LogP contribution in [0.3, 0.4) is 0 Å². The average molecular weight is 243 g/mol. The molecule has 0 atom stereocenters. The Bertz CT molecular complexity index is 456. The molecule has 2 aliphatic carbocycles. The minimum absolute atomic E-state index is 0.186. The minimum Gasteiger partial charge on any atom is -0.330 e. The van der Waals surface area contributed by atoms with Crippen LogP contribution in [0.25, 0.3) is 0 Å². The summed E-state index contributed by atoms with van der Waals surface area (Å²) in [6.45, 7) is 0.702. The Morgan fingerprint density at radius 3 is 2.61 bits per heavy atom. The number of rotatable bonds is 4. The number of ketones is 1. The smallest absolute Gasteiger partial charge is 0.165 e. The van der Waals surface area contributed by atoms with E-state index < -0.39 is 0 Å². The second-order valence-corrected chi connectivity index (χ2v) is 5.91. The van der Waals surface area contributed by atoms with Gasteiger partial charge in [-0.1, -0.05) is 31.0 Å². The molecule has 0 saturated heterocycles. The van der Waals surface area contributed by atoms with Gasteiger partial charge in [0, 0.05) is 23.4 Å². The van der Waals surface area contributed by atoms with Crippen LogP contribution >= 0.6 is 0 Å². The molecule has 2 heteroatoms. The number of hydrogen-bond donors (Lipinski definition) is 1. The molecule has 1 aromatic carbocycles. The van der Waals surface area contributed by atoms with Crippen LogP contribution in [0.15, 0.2) is 24.3 Å². The van der Waals surface area contributed by atoms with Crippen LogP contribution in [0.1, 0.15) is 54.4 Å². The van der Waals surface area contributed by atoms with E-state index in [-0.39, 0.29) is 11.3 Å². The Labute approximate surface area is 109 Å². The molecule has 2 nitrogen and oxygen atoms in total. The highest BCUT2D eigenvalue weighted by molar-refractivity contribution is 5.98. The first-order valence-electron chi connectivity index (χ1n) is 7.10. The SMILES string of the molecule is NCC1(c2cccc(C(=O)C3CCCC3)c2)CC1. The number of Topliss-reactive ketones (excluding diaryl/α,β-unsaturated/α-hetero) is 1. The highest BCUT2D eigenvalue weighted by atomic mass is 16.1. The van der Waals surface area contributed by atoms with Gasteiger partial charge in [0.25, 0.3) is 0 Å². The van der Waals surface area contributed by atoms with Crippen molar-refractivity contribution in [2.24, 2.45) is 11.7 Å². The summed E-state index contributed by atoms with van der Waals surface area (Å²) >= 11 is 0. The van der Waals surface area contributed by atoms with Gasteiger partial charge in [-0.05, 0) is 37.3 Å². The van der Waals surface area contributed by atoms with Crippen LogP contribution in [0, 0.1) is 5.92 Å². The predicted molar refractivity (Wildman–Crippen MR) is 72.7 cm³/mol. The lowest BCUT2D eigenvalue weighted by atomic mass is 9.90. The van der Waals surface area contributed by atoms with Crippen molar-refractivity contribution in [1.29, 1.82) is 0 Å². The number of carbonyl (C=O) groups excluding carboxylic acids is 1. The van der Waals surface area contributed by atoms with Crippen molar-refractivity contribution in [2.75, 3.05) is 6.54 Å². The second kappa shape index (κ2) is 4.51. The molecule has 0 heterocycles. The van der Waals surface area contributed by atoms with Crippen molar-refractivity contribution in [3.63, 3.8) is 0 Å². The maximum atomic E-state index is 12.4. The largest absolute Gasteiger partial charge is 0.330 e. The van der Waals surface area contributed by atoms with Crippen molar-refractivity contribution < 1.29 is 4.79 Å². The van der Waals surface area contributed by atoms with E-state index in [0.29, 0.717) is 12.3 Å². The van der Waals surface area contributed by atoms with Crippen LogP contribution in [0.4, 0.5) is 0 Å². The summed E-state index contributed by atoms with van der Waals surface area (Å²) in [4.78, 5) is 12.4. The third-order valence-corrected chi connectivity index (χ3v) is 4.73. The molecule has 0 amide bonds. The van der Waals surface area contributed by atoms with Gasteiger partial charge in [0.15, 0.2) is 5.78 Å². The lowest BCUT2D eigenvalue weighted by Crippen LogP contribution is -2.20. The summed E-state index contributed by atoms with van der Waals surface area (Å²) in [6.07, 6.45) is 6.91. The molecule has 1 aromatic rings. The summed E-state index contributed by atoms with van der Waals surface area (Å²) in [5.41, 5.74) is 8.22. The number of benzene rings is 1. The van der Waals surface area contributed by atoms with Crippen molar-refractivity contribution in [1.82, 2.24) is 0 Å². The molecule has 3 rings (SSSR count). The summed E-state index contributed by atoms with van der Waals surface area (Å²) < 4.78 is 0. The molecule has 0 aromatic heterocycles. The van der Waals surface area contributed by atoms with Gasteiger partial charge in [-0.2, -0.15) is 0 Å². The van der Waals surface area contributed by atoms with E-state index in [2.05, 4.69) is 12.1 Å². The summed E-state index contributed by atoms with van der Waals surface area (Å²) in [7, 11) is 0. The van der Waals surface area contributed by atoms with Gasteiger partial charge in [-0.15, -0.1) is 0 Å². The van der Waals surface area contributed by atoms with Crippen LogP contribution < -0.4 is 5.73 Å². The fraction of sp³-hybridized carbons (Fsp3) is 0.562. The van der Waals surface area contributed by atoms with E-state index in [4.69, 9.17) is 5.73 Å². The van der Waals surface area contributed by atoms with Crippen LogP contribution in [-0.2, 0) is 5.41 Å². The molecule has 2 N–H and O–H groups in total. The molecule has 0 spiro atoms. The Morgan fingerprint density at radius 1 is 1.28 bits per heavy atom. The zero-order valence-electron chi connectivity index (χ0n) is 10.8. The molecular weight excluding hydrogens is 222 g/mol. The van der Waals surface area contributed by atoms with Gasteiger partial charge in [0.1, 0.15) is 0 Å². The fourth-order valence-corrected chi connectivity index (χ4v) is 3.19. The molecule has 2 aliphatic rings. The van der Waals surface area contributed by atoms with Gasteiger partial charge >= 0.3 is 0 Å². The Morgan fingerprint density at radius 2 is 2.00 bits per heavy atom. The Kier molecular flexibility index (Phi) is 2.98. The second-order valence-electron chi connectivity index (χ2n) is 5.91. The first-order chi connectivity index (χ1) is 8.75. The number of hydrogen-bond acceptors (Lipinski definition) is 2. The fourth-order valence-electron chi connectivity index (χ4n) is 3.19. The molecule has 2 fully saturated rings. The highest BCUT2D eigenvalue weighted by Gasteiger charge is 2.43. The van der Waals surface area contributed by atoms with E-state index in [0.717, 1.165) is 18.4 Å². The lowest BCUT2D eigenvalue weighted by molar-refractivity contribution is 0.0922. The third kappa shape index (κ3) is 1.99. The molecule has 0 bridgehead atoms. The van der Waals surface area contributed by atoms with Crippen LogP contribution in [-0.4, -0.2) is 12.3 Å². The first-order valence-corrected chi connectivity index (χ1v) is 7.10. The van der Waals surface area contributed by atoms with Gasteiger partial charge < -0.3 is 5.73 Å². The van der Waals surface area contributed by atoms with E-state index in [1.54, 1.807) is 0 Å². The van der Waals surface area contributed by atoms with Crippen molar-refractivity contribution in [2.45, 2.75) is 43.9 Å². The lowest BCUT2D eigenvalue weighted by Gasteiger charge is -2.15. The molecule has 0 radical (unpaired) electrons. The molecule has 2 saturated carbocycles. The van der Waals surface area contributed by atoms with Gasteiger partial charge in [0.05, 0.1) is 0 Å². The summed E-state index contributed by atoms with van der Waals surface area (Å²) in [6, 6.07) is 8.22. The zero-order valence-corrected chi connectivity index (χ0v) is 10.8. The maximum absolute atomic E-state index is 12.4. The molecule has 18 heavy (non-hydrogen) atoms. The number of nitrogens with two attached hydrogens (primary N) is 1. The van der Waals surface area contributed by atoms with Crippen LogP contribution in [0.5, 0.6) is 0 Å². The van der Waals surface area contributed by atoms with E-state index >= 15 is 0 Å². The van der Waals surface area contributed by atoms with Gasteiger partial charge in [-0.3, -0.25) is 4.79 Å². The topological polar surface area (TPSA) is 43.1 Å². The third-order valence-electron chi connectivity index (χ3n) is 4.73. The van der Waals surface area contributed by atoms with Crippen molar-refractivity contribution >= 4 is 5.78 Å². The van der Waals surface area contributed by atoms with Gasteiger partial charge in [0.2, 0.25) is 0 Å². The zero-order chi connectivity index (χ0) is 12.6. The predicted octanol–water partition coefficient (Wildman–Crippen LogP) is 3.05. The minimum atomic E-state index is 0.186. The maximum Gasteiger partial charge on any atom is 0.165 e. The van der Waals surface area contributed by atoms with E-state index in [1.165, 1.54) is 31.2 Å². The standard InChI is InChI=1S/C16H21NO/c17-11-16(8-9-16)14-7-3-6-13(10-14)15(18)12-4-1-2-5-12/h3,6-7,10,12H,1-2,4-5,8-9,11,17H2. The number of carbonyl (C=O) groups is 1. The highest BCUT2D eigenvalue weighted by Crippen LogP contribution is 2.47. The van der Waals surface area contributed by atoms with Crippen molar-refractivity contribution in [3.05, 3.63) is 35.4 Å². The molecule has 0 aliphatic heterocycles. The summed E-state index contributed by atoms with van der Waals surface area (Å²) in [5, 5.41) is 0. The Balaban J connectivity index is 1.84. The molecule has 96 valence electrons. The first kappa shape index (κ1) is 11.9. The van der Waals surface area contributed by atoms with Crippen molar-refractivity contribution in [3.8, 4) is 0 Å². The average Bonchev–Trinajstić information content (AvgIpc) is 3.04. The van der Waals surface area contributed by atoms with E-state index in [9.17, 15) is 4.79 Å². The van der Waals surface area contributed by atoms with E-state index in [1.807, 2.05) is 12.1 Å². The normalized spacial score (nSPS) is 22.1. The van der Waals surface area contributed by atoms with Crippen LogP contribution in [0.2, 0.25) is 0 Å². The van der Waals surface area contributed by atoms with Gasteiger partial charge in [-0.25, -0.2) is 0 Å². The molecular formula is C16H21NO. The quantitative estimate of drug-likeness (QED) is 0.826. The summed E-state index contributed by atoms with van der Waals surface area (Å²) in [5.74, 6) is 0.621. The monoisotopic (exact) mass is 243 g/mol.